The quantitative estimate of drug-likeness (QED) is 0.882. The molecule has 1 aromatic carbocycles. The SMILES string of the molecule is CCCNC(c1c(C)cc(F)cc1C)C1CCOC1C. The molecule has 1 heterocycles. The third-order valence-corrected chi connectivity index (χ3v) is 4.35. The first-order valence-electron chi connectivity index (χ1n) is 7.66. The van der Waals surface area contributed by atoms with Gasteiger partial charge in [0.1, 0.15) is 5.82 Å². The molecule has 1 saturated heterocycles. The van der Waals surface area contributed by atoms with Gasteiger partial charge in [0.15, 0.2) is 0 Å². The average Bonchev–Trinajstić information content (AvgIpc) is 2.78. The molecule has 20 heavy (non-hydrogen) atoms. The van der Waals surface area contributed by atoms with Gasteiger partial charge in [0.25, 0.3) is 0 Å². The number of rotatable bonds is 5. The van der Waals surface area contributed by atoms with Crippen LogP contribution in [-0.4, -0.2) is 19.3 Å². The third kappa shape index (κ3) is 3.21. The lowest BCUT2D eigenvalue weighted by Gasteiger charge is -2.30. The Morgan fingerprint density at radius 2 is 2.00 bits per heavy atom. The summed E-state index contributed by atoms with van der Waals surface area (Å²) in [4.78, 5) is 0. The second kappa shape index (κ2) is 6.68. The Bertz CT molecular complexity index is 437. The summed E-state index contributed by atoms with van der Waals surface area (Å²) in [6.07, 6.45) is 2.42. The summed E-state index contributed by atoms with van der Waals surface area (Å²) in [7, 11) is 0. The van der Waals surface area contributed by atoms with Gasteiger partial charge in [0.05, 0.1) is 6.10 Å². The number of aryl methyl sites for hydroxylation is 2. The normalized spacial score (nSPS) is 24.1. The minimum Gasteiger partial charge on any atom is -0.378 e. The number of hydrogen-bond acceptors (Lipinski definition) is 2. The van der Waals surface area contributed by atoms with E-state index in [1.807, 2.05) is 13.8 Å². The fraction of sp³-hybridized carbons (Fsp3) is 0.647. The van der Waals surface area contributed by atoms with Crippen molar-refractivity contribution in [3.63, 3.8) is 0 Å². The fourth-order valence-corrected chi connectivity index (χ4v) is 3.37. The maximum atomic E-state index is 13.5. The maximum absolute atomic E-state index is 13.5. The van der Waals surface area contributed by atoms with Gasteiger partial charge >= 0.3 is 0 Å². The molecule has 0 aromatic heterocycles. The summed E-state index contributed by atoms with van der Waals surface area (Å²) in [5.74, 6) is 0.318. The van der Waals surface area contributed by atoms with E-state index in [0.29, 0.717) is 5.92 Å². The second-order valence-corrected chi connectivity index (χ2v) is 5.91. The van der Waals surface area contributed by atoms with Crippen LogP contribution in [0.2, 0.25) is 0 Å². The van der Waals surface area contributed by atoms with Gasteiger partial charge in [-0.3, -0.25) is 0 Å². The van der Waals surface area contributed by atoms with Gasteiger partial charge < -0.3 is 10.1 Å². The number of hydrogen-bond donors (Lipinski definition) is 1. The van der Waals surface area contributed by atoms with E-state index in [0.717, 1.165) is 37.1 Å². The molecule has 3 unspecified atom stereocenters. The molecule has 1 aromatic rings. The summed E-state index contributed by atoms with van der Waals surface area (Å²) < 4.78 is 19.3. The zero-order valence-corrected chi connectivity index (χ0v) is 13.0. The van der Waals surface area contributed by atoms with Crippen LogP contribution in [0.3, 0.4) is 0 Å². The van der Waals surface area contributed by atoms with Crippen molar-refractivity contribution in [1.29, 1.82) is 0 Å². The molecule has 3 atom stereocenters. The van der Waals surface area contributed by atoms with Crippen LogP contribution in [0.4, 0.5) is 4.39 Å². The van der Waals surface area contributed by atoms with Crippen LogP contribution < -0.4 is 5.32 Å². The molecule has 1 aliphatic heterocycles. The molecule has 0 bridgehead atoms. The minimum absolute atomic E-state index is 0.145. The van der Waals surface area contributed by atoms with E-state index in [2.05, 4.69) is 19.2 Å². The Morgan fingerprint density at radius 1 is 1.35 bits per heavy atom. The first kappa shape index (κ1) is 15.5. The number of nitrogens with one attached hydrogen (secondary N) is 1. The van der Waals surface area contributed by atoms with Crippen LogP contribution >= 0.6 is 0 Å². The van der Waals surface area contributed by atoms with Crippen molar-refractivity contribution in [2.75, 3.05) is 13.2 Å². The van der Waals surface area contributed by atoms with Crippen LogP contribution in [0.1, 0.15) is 49.4 Å². The minimum atomic E-state index is -0.145. The zero-order chi connectivity index (χ0) is 14.7. The molecule has 0 radical (unpaired) electrons. The van der Waals surface area contributed by atoms with Crippen LogP contribution in [0.15, 0.2) is 12.1 Å². The van der Waals surface area contributed by atoms with Crippen LogP contribution in [-0.2, 0) is 4.74 Å². The number of benzene rings is 1. The van der Waals surface area contributed by atoms with Gasteiger partial charge in [0, 0.05) is 18.6 Å². The van der Waals surface area contributed by atoms with Crippen molar-refractivity contribution < 1.29 is 9.13 Å². The maximum Gasteiger partial charge on any atom is 0.123 e. The highest BCUT2D eigenvalue weighted by Crippen LogP contribution is 2.36. The molecule has 0 amide bonds. The van der Waals surface area contributed by atoms with Crippen molar-refractivity contribution in [2.24, 2.45) is 5.92 Å². The highest BCUT2D eigenvalue weighted by molar-refractivity contribution is 5.37. The number of halogens is 1. The summed E-state index contributed by atoms with van der Waals surface area (Å²) in [5.41, 5.74) is 3.33. The Morgan fingerprint density at radius 3 is 2.50 bits per heavy atom. The molecule has 2 nitrogen and oxygen atoms in total. The predicted octanol–water partition coefficient (Wildman–Crippen LogP) is 3.91. The van der Waals surface area contributed by atoms with Crippen LogP contribution in [0, 0.1) is 25.6 Å². The molecule has 112 valence electrons. The molecule has 1 aliphatic rings. The van der Waals surface area contributed by atoms with E-state index >= 15 is 0 Å². The fourth-order valence-electron chi connectivity index (χ4n) is 3.37. The Labute approximate surface area is 121 Å². The average molecular weight is 279 g/mol. The Hall–Kier alpha value is -0.930. The summed E-state index contributed by atoms with van der Waals surface area (Å²) in [5, 5.41) is 3.66. The monoisotopic (exact) mass is 279 g/mol. The molecule has 2 rings (SSSR count). The number of ether oxygens (including phenoxy) is 1. The van der Waals surface area contributed by atoms with Gasteiger partial charge in [-0.25, -0.2) is 4.39 Å². The Kier molecular flexibility index (Phi) is 5.17. The van der Waals surface area contributed by atoms with Gasteiger partial charge in [0.2, 0.25) is 0 Å². The summed E-state index contributed by atoms with van der Waals surface area (Å²) >= 11 is 0. The molecular formula is C17H26FNO. The molecule has 1 N–H and O–H groups in total. The summed E-state index contributed by atoms with van der Waals surface area (Å²) in [6, 6.07) is 3.54. The zero-order valence-electron chi connectivity index (χ0n) is 13.0. The van der Waals surface area contributed by atoms with Gasteiger partial charge in [-0.05, 0) is 69.0 Å². The lowest BCUT2D eigenvalue weighted by molar-refractivity contribution is 0.0952. The van der Waals surface area contributed by atoms with Crippen molar-refractivity contribution in [2.45, 2.75) is 52.7 Å². The second-order valence-electron chi connectivity index (χ2n) is 5.91. The van der Waals surface area contributed by atoms with E-state index < -0.39 is 0 Å². The lowest BCUT2D eigenvalue weighted by atomic mass is 9.84. The highest BCUT2D eigenvalue weighted by atomic mass is 19.1. The predicted molar refractivity (Wildman–Crippen MR) is 80.4 cm³/mol. The van der Waals surface area contributed by atoms with E-state index in [4.69, 9.17) is 4.74 Å². The van der Waals surface area contributed by atoms with Crippen molar-refractivity contribution in [3.05, 3.63) is 34.6 Å². The van der Waals surface area contributed by atoms with Gasteiger partial charge in [-0.2, -0.15) is 0 Å². The van der Waals surface area contributed by atoms with Crippen LogP contribution in [0.5, 0.6) is 0 Å². The molecular weight excluding hydrogens is 253 g/mol. The van der Waals surface area contributed by atoms with E-state index in [-0.39, 0.29) is 18.0 Å². The van der Waals surface area contributed by atoms with E-state index in [1.165, 1.54) is 5.56 Å². The Balaban J connectivity index is 2.35. The van der Waals surface area contributed by atoms with Crippen molar-refractivity contribution >= 4 is 0 Å². The van der Waals surface area contributed by atoms with Gasteiger partial charge in [-0.15, -0.1) is 0 Å². The largest absolute Gasteiger partial charge is 0.378 e. The summed E-state index contributed by atoms with van der Waals surface area (Å²) in [6.45, 7) is 10.1. The first-order chi connectivity index (χ1) is 9.54. The van der Waals surface area contributed by atoms with Crippen molar-refractivity contribution in [1.82, 2.24) is 5.32 Å². The standard InChI is InChI=1S/C17H26FNO/c1-5-7-19-17(15-6-8-20-13(15)4)16-11(2)9-14(18)10-12(16)3/h9-10,13,15,17,19H,5-8H2,1-4H3. The molecule has 0 saturated carbocycles. The molecule has 0 aliphatic carbocycles. The third-order valence-electron chi connectivity index (χ3n) is 4.35. The van der Waals surface area contributed by atoms with Gasteiger partial charge in [-0.1, -0.05) is 6.92 Å². The smallest absolute Gasteiger partial charge is 0.123 e. The van der Waals surface area contributed by atoms with Crippen LogP contribution in [0.25, 0.3) is 0 Å². The highest BCUT2D eigenvalue weighted by Gasteiger charge is 2.33. The van der Waals surface area contributed by atoms with Crippen molar-refractivity contribution in [3.8, 4) is 0 Å². The molecule has 1 fully saturated rings. The van der Waals surface area contributed by atoms with E-state index in [1.54, 1.807) is 12.1 Å². The molecule has 0 spiro atoms. The lowest BCUT2D eigenvalue weighted by Crippen LogP contribution is -2.33. The first-order valence-corrected chi connectivity index (χ1v) is 7.66. The topological polar surface area (TPSA) is 21.3 Å². The molecule has 3 heteroatoms. The van der Waals surface area contributed by atoms with E-state index in [9.17, 15) is 4.39 Å².